The van der Waals surface area contributed by atoms with Crippen molar-refractivity contribution >= 4 is 0 Å². The van der Waals surface area contributed by atoms with E-state index in [2.05, 4.69) is 11.1 Å². The maximum Gasteiger partial charge on any atom is 0.142 e. The lowest BCUT2D eigenvalue weighted by atomic mass is 10.1. The normalized spacial score (nSPS) is 11.7. The Morgan fingerprint density at radius 3 is 2.75 bits per heavy atom. The molecule has 0 unspecified atom stereocenters. The van der Waals surface area contributed by atoms with E-state index in [1.807, 2.05) is 34.9 Å². The van der Waals surface area contributed by atoms with E-state index in [9.17, 15) is 5.11 Å². The van der Waals surface area contributed by atoms with Crippen molar-refractivity contribution in [2.24, 2.45) is 0 Å². The van der Waals surface area contributed by atoms with Crippen LogP contribution >= 0.6 is 0 Å². The number of aliphatic hydroxyl groups is 1. The molecule has 1 atom stereocenters. The lowest BCUT2D eigenvalue weighted by molar-refractivity contribution is 0.205. The predicted octanol–water partition coefficient (Wildman–Crippen LogP) is 2.89. The van der Waals surface area contributed by atoms with Crippen LogP contribution in [0.1, 0.15) is 28.6 Å². The molecule has 5 heteroatoms. The zero-order valence-corrected chi connectivity index (χ0v) is 13.3. The van der Waals surface area contributed by atoms with E-state index in [0.717, 1.165) is 11.1 Å². The van der Waals surface area contributed by atoms with Crippen molar-refractivity contribution < 1.29 is 9.84 Å². The molecule has 0 saturated heterocycles. The molecule has 2 aromatic carbocycles. The highest BCUT2D eigenvalue weighted by molar-refractivity contribution is 5.42. The molecular formula is C19H17N3O2. The third-order valence-electron chi connectivity index (χ3n) is 3.86. The van der Waals surface area contributed by atoms with Crippen molar-refractivity contribution in [1.82, 2.24) is 9.55 Å². The van der Waals surface area contributed by atoms with Gasteiger partial charge in [0.2, 0.25) is 0 Å². The second-order valence-electron chi connectivity index (χ2n) is 5.36. The first kappa shape index (κ1) is 15.8. The lowest BCUT2D eigenvalue weighted by Crippen LogP contribution is -2.11. The highest BCUT2D eigenvalue weighted by atomic mass is 16.5. The van der Waals surface area contributed by atoms with Crippen LogP contribution in [0.4, 0.5) is 0 Å². The number of nitrogens with zero attached hydrogens (tertiary/aromatic N) is 3. The van der Waals surface area contributed by atoms with Crippen LogP contribution in [0.5, 0.6) is 5.75 Å². The Hall–Kier alpha value is -3.10. The average Bonchev–Trinajstić information content (AvgIpc) is 3.09. The fraction of sp³-hybridized carbons (Fsp3) is 0.158. The number of aromatic nitrogens is 2. The fourth-order valence-corrected chi connectivity index (χ4v) is 2.64. The maximum absolute atomic E-state index is 10.6. The van der Waals surface area contributed by atoms with Gasteiger partial charge in [-0.3, -0.25) is 0 Å². The van der Waals surface area contributed by atoms with Gasteiger partial charge in [-0.25, -0.2) is 4.98 Å². The molecular weight excluding hydrogens is 302 g/mol. The number of imidazole rings is 1. The maximum atomic E-state index is 10.6. The topological polar surface area (TPSA) is 71.1 Å². The van der Waals surface area contributed by atoms with Crippen molar-refractivity contribution in [3.63, 3.8) is 0 Å². The third-order valence-corrected chi connectivity index (χ3v) is 3.86. The lowest BCUT2D eigenvalue weighted by Gasteiger charge is -2.15. The van der Waals surface area contributed by atoms with Crippen molar-refractivity contribution in [3.05, 3.63) is 83.4 Å². The molecule has 0 aliphatic rings. The summed E-state index contributed by atoms with van der Waals surface area (Å²) in [4.78, 5) is 4.29. The highest BCUT2D eigenvalue weighted by Gasteiger charge is 2.17. The van der Waals surface area contributed by atoms with Crippen molar-refractivity contribution in [3.8, 4) is 11.8 Å². The number of methoxy groups -OCH3 is 1. The van der Waals surface area contributed by atoms with Crippen LogP contribution in [-0.2, 0) is 6.54 Å². The van der Waals surface area contributed by atoms with E-state index >= 15 is 0 Å². The Morgan fingerprint density at radius 1 is 1.25 bits per heavy atom. The van der Waals surface area contributed by atoms with Gasteiger partial charge in [0.25, 0.3) is 0 Å². The van der Waals surface area contributed by atoms with Gasteiger partial charge in [-0.05, 0) is 23.8 Å². The van der Waals surface area contributed by atoms with E-state index in [1.165, 1.54) is 0 Å². The molecule has 0 bridgehead atoms. The summed E-state index contributed by atoms with van der Waals surface area (Å²) >= 11 is 0. The summed E-state index contributed by atoms with van der Waals surface area (Å²) in [6.07, 6.45) is 2.65. The van der Waals surface area contributed by atoms with E-state index < -0.39 is 6.10 Å². The predicted molar refractivity (Wildman–Crippen MR) is 89.5 cm³/mol. The van der Waals surface area contributed by atoms with E-state index in [1.54, 1.807) is 37.7 Å². The van der Waals surface area contributed by atoms with Crippen LogP contribution in [0.25, 0.3) is 0 Å². The zero-order valence-electron chi connectivity index (χ0n) is 13.3. The van der Waals surface area contributed by atoms with Gasteiger partial charge in [-0.15, -0.1) is 0 Å². The largest absolute Gasteiger partial charge is 0.496 e. The van der Waals surface area contributed by atoms with E-state index in [4.69, 9.17) is 10.00 Å². The second kappa shape index (κ2) is 6.99. The molecule has 3 aromatic rings. The number of benzene rings is 2. The number of rotatable bonds is 5. The number of hydrogen-bond donors (Lipinski definition) is 1. The fourth-order valence-electron chi connectivity index (χ4n) is 2.64. The van der Waals surface area contributed by atoms with Crippen LogP contribution < -0.4 is 4.74 Å². The SMILES string of the molecule is COc1ccc(C#N)cc1Cn1ccnc1[C@H](O)c1ccccc1. The minimum absolute atomic E-state index is 0.456. The first-order chi connectivity index (χ1) is 11.7. The number of hydrogen-bond acceptors (Lipinski definition) is 4. The molecule has 0 saturated carbocycles. The number of nitriles is 1. The van der Waals surface area contributed by atoms with Gasteiger partial charge in [-0.2, -0.15) is 5.26 Å². The third kappa shape index (κ3) is 3.14. The van der Waals surface area contributed by atoms with Crippen molar-refractivity contribution in [2.45, 2.75) is 12.6 Å². The first-order valence-corrected chi connectivity index (χ1v) is 7.54. The Balaban J connectivity index is 1.93. The van der Waals surface area contributed by atoms with Crippen LogP contribution in [0.2, 0.25) is 0 Å². The molecule has 0 aliphatic carbocycles. The quantitative estimate of drug-likeness (QED) is 0.785. The zero-order chi connectivity index (χ0) is 16.9. The van der Waals surface area contributed by atoms with Crippen molar-refractivity contribution in [2.75, 3.05) is 7.11 Å². The summed E-state index contributed by atoms with van der Waals surface area (Å²) in [6.45, 7) is 0.456. The van der Waals surface area contributed by atoms with Gasteiger partial charge in [0.1, 0.15) is 17.7 Å². The molecule has 0 fully saturated rings. The summed E-state index contributed by atoms with van der Waals surface area (Å²) in [5, 5.41) is 19.7. The standard InChI is InChI=1S/C19H17N3O2/c1-24-17-8-7-14(12-20)11-16(17)13-22-10-9-21-19(22)18(23)15-5-3-2-4-6-15/h2-11,18,23H,13H2,1H3/t18-/m1/s1. The highest BCUT2D eigenvalue weighted by Crippen LogP contribution is 2.24. The average molecular weight is 319 g/mol. The van der Waals surface area contributed by atoms with Gasteiger partial charge < -0.3 is 14.4 Å². The second-order valence-corrected chi connectivity index (χ2v) is 5.36. The van der Waals surface area contributed by atoms with Crippen LogP contribution in [0.3, 0.4) is 0 Å². The first-order valence-electron chi connectivity index (χ1n) is 7.54. The molecule has 0 spiro atoms. The number of ether oxygens (including phenoxy) is 1. The molecule has 24 heavy (non-hydrogen) atoms. The Labute approximate surface area is 140 Å². The minimum Gasteiger partial charge on any atom is -0.496 e. The summed E-state index contributed by atoms with van der Waals surface area (Å²) in [5.74, 6) is 1.24. The van der Waals surface area contributed by atoms with Gasteiger partial charge in [0.05, 0.1) is 25.3 Å². The minimum atomic E-state index is -0.814. The van der Waals surface area contributed by atoms with E-state index in [-0.39, 0.29) is 0 Å². The molecule has 3 rings (SSSR count). The van der Waals surface area contributed by atoms with Gasteiger partial charge in [0.15, 0.2) is 0 Å². The molecule has 5 nitrogen and oxygen atoms in total. The summed E-state index contributed by atoms with van der Waals surface area (Å²) in [6, 6.07) is 16.8. The molecule has 1 N–H and O–H groups in total. The van der Waals surface area contributed by atoms with Gasteiger partial charge >= 0.3 is 0 Å². The van der Waals surface area contributed by atoms with Crippen molar-refractivity contribution in [1.29, 1.82) is 5.26 Å². The Kier molecular flexibility index (Phi) is 4.59. The molecule has 0 aliphatic heterocycles. The van der Waals surface area contributed by atoms with Crippen LogP contribution in [0, 0.1) is 11.3 Å². The molecule has 0 amide bonds. The summed E-state index contributed by atoms with van der Waals surface area (Å²) in [5.41, 5.74) is 2.20. The summed E-state index contributed by atoms with van der Waals surface area (Å²) < 4.78 is 7.23. The molecule has 120 valence electrons. The Morgan fingerprint density at radius 2 is 2.04 bits per heavy atom. The Bertz CT molecular complexity index is 866. The number of aliphatic hydroxyl groups excluding tert-OH is 1. The van der Waals surface area contributed by atoms with Crippen LogP contribution in [0.15, 0.2) is 60.9 Å². The molecule has 1 heterocycles. The smallest absolute Gasteiger partial charge is 0.142 e. The molecule has 1 aromatic heterocycles. The molecule has 0 radical (unpaired) electrons. The van der Waals surface area contributed by atoms with Crippen LogP contribution in [-0.4, -0.2) is 21.8 Å². The summed E-state index contributed by atoms with van der Waals surface area (Å²) in [7, 11) is 1.60. The van der Waals surface area contributed by atoms with Gasteiger partial charge in [0, 0.05) is 18.0 Å². The van der Waals surface area contributed by atoms with Gasteiger partial charge in [-0.1, -0.05) is 30.3 Å². The van der Waals surface area contributed by atoms with E-state index in [0.29, 0.717) is 23.7 Å². The monoisotopic (exact) mass is 319 g/mol.